The average molecular weight is 627 g/mol. The highest BCUT2D eigenvalue weighted by Crippen LogP contribution is 2.36. The van der Waals surface area contributed by atoms with Gasteiger partial charge in [0.1, 0.15) is 11.4 Å². The summed E-state index contributed by atoms with van der Waals surface area (Å²) >= 11 is 0. The Balaban J connectivity index is 1.19. The second-order valence-corrected chi connectivity index (χ2v) is 13.9. The zero-order valence-electron chi connectivity index (χ0n) is 29.2. The lowest BCUT2D eigenvalue weighted by molar-refractivity contribution is 0.106. The van der Waals surface area contributed by atoms with Crippen LogP contribution in [0.3, 0.4) is 0 Å². The fourth-order valence-corrected chi connectivity index (χ4v) is 7.02. The van der Waals surface area contributed by atoms with E-state index in [0.717, 1.165) is 30.2 Å². The van der Waals surface area contributed by atoms with Gasteiger partial charge in [-0.05, 0) is 61.1 Å². The Morgan fingerprint density at radius 3 is 1.57 bits per heavy atom. The van der Waals surface area contributed by atoms with Crippen LogP contribution < -0.4 is 0 Å². The Hall–Kier alpha value is -2.88. The van der Waals surface area contributed by atoms with Gasteiger partial charge in [-0.2, -0.15) is 0 Å². The number of aromatic hydroxyl groups is 1. The first kappa shape index (κ1) is 36.0. The molecule has 0 saturated heterocycles. The Morgan fingerprint density at radius 2 is 1.04 bits per heavy atom. The lowest BCUT2D eigenvalue weighted by Crippen LogP contribution is -2.11. The summed E-state index contributed by atoms with van der Waals surface area (Å²) in [6.45, 7) is 4.55. The number of carbonyl (C=O) groups excluding carboxylic acids is 1. The maximum atomic E-state index is 13.5. The number of rotatable bonds is 25. The number of benzene rings is 2. The molecule has 3 aromatic rings. The normalized spacial score (nSPS) is 12.7. The monoisotopic (exact) mass is 626 g/mol. The first-order valence-corrected chi connectivity index (χ1v) is 19.2. The molecule has 0 atom stereocenters. The summed E-state index contributed by atoms with van der Waals surface area (Å²) in [5.41, 5.74) is 5.41. The predicted molar refractivity (Wildman–Crippen MR) is 197 cm³/mol. The summed E-state index contributed by atoms with van der Waals surface area (Å²) in [4.78, 5) is 21.4. The van der Waals surface area contributed by atoms with Gasteiger partial charge in [0.2, 0.25) is 5.78 Å². The van der Waals surface area contributed by atoms with Crippen LogP contribution in [0.4, 0.5) is 5.69 Å². The molecule has 0 saturated carbocycles. The van der Waals surface area contributed by atoms with Crippen molar-refractivity contribution in [3.63, 3.8) is 0 Å². The minimum absolute atomic E-state index is 0.0983. The zero-order valence-corrected chi connectivity index (χ0v) is 29.2. The number of nitrogens with zero attached hydrogens (tertiary/aromatic N) is 1. The topological polar surface area (TPSA) is 65.5 Å². The third kappa shape index (κ3) is 11.1. The van der Waals surface area contributed by atoms with Crippen molar-refractivity contribution in [2.24, 2.45) is 4.99 Å². The molecule has 1 aliphatic rings. The fourth-order valence-electron chi connectivity index (χ4n) is 7.02. The third-order valence-electron chi connectivity index (χ3n) is 9.96. The quantitative estimate of drug-likeness (QED) is 0.0919. The number of aromatic amines is 1. The summed E-state index contributed by atoms with van der Waals surface area (Å²) < 4.78 is 0. The maximum absolute atomic E-state index is 13.5. The molecule has 0 fully saturated rings. The number of hydrogen-bond acceptors (Lipinski definition) is 3. The zero-order chi connectivity index (χ0) is 32.4. The van der Waals surface area contributed by atoms with Gasteiger partial charge < -0.3 is 10.1 Å². The van der Waals surface area contributed by atoms with E-state index in [9.17, 15) is 9.90 Å². The van der Waals surface area contributed by atoms with E-state index < -0.39 is 0 Å². The number of fused-ring (bicyclic) bond motifs is 2. The average Bonchev–Trinajstić information content (AvgIpc) is 3.57. The summed E-state index contributed by atoms with van der Waals surface area (Å²) in [6.07, 6.45) is 31.4. The van der Waals surface area contributed by atoms with Gasteiger partial charge in [-0.3, -0.25) is 4.79 Å². The van der Waals surface area contributed by atoms with E-state index in [-0.39, 0.29) is 11.5 Å². The molecular weight excluding hydrogens is 564 g/mol. The minimum atomic E-state index is -0.0983. The van der Waals surface area contributed by atoms with Gasteiger partial charge in [0.15, 0.2) is 5.75 Å². The maximum Gasteiger partial charge on any atom is 0.215 e. The Labute approximate surface area is 279 Å². The number of aryl methyl sites for hydroxylation is 2. The summed E-state index contributed by atoms with van der Waals surface area (Å²) in [7, 11) is 0. The van der Waals surface area contributed by atoms with Gasteiger partial charge in [0, 0.05) is 10.9 Å². The van der Waals surface area contributed by atoms with E-state index in [1.807, 2.05) is 18.2 Å². The van der Waals surface area contributed by atoms with Crippen LogP contribution in [0.2, 0.25) is 0 Å². The molecule has 2 heterocycles. The van der Waals surface area contributed by atoms with Crippen LogP contribution >= 0.6 is 0 Å². The summed E-state index contributed by atoms with van der Waals surface area (Å²) in [5, 5.41) is 12.0. The van der Waals surface area contributed by atoms with Gasteiger partial charge in [-0.25, -0.2) is 4.99 Å². The molecule has 4 rings (SSSR count). The van der Waals surface area contributed by atoms with Crippen LogP contribution in [0.5, 0.6) is 5.75 Å². The smallest absolute Gasteiger partial charge is 0.215 e. The number of H-pyrrole nitrogens is 1. The highest BCUT2D eigenvalue weighted by molar-refractivity contribution is 6.55. The van der Waals surface area contributed by atoms with E-state index >= 15 is 0 Å². The Morgan fingerprint density at radius 1 is 0.587 bits per heavy atom. The second-order valence-electron chi connectivity index (χ2n) is 13.9. The Bertz CT molecular complexity index is 1370. The van der Waals surface area contributed by atoms with Gasteiger partial charge in [0.05, 0.1) is 11.3 Å². The van der Waals surface area contributed by atoms with Crippen molar-refractivity contribution in [3.05, 3.63) is 58.8 Å². The van der Waals surface area contributed by atoms with Crippen LogP contribution in [0.25, 0.3) is 10.9 Å². The standard InChI is InChI=1S/C42H62N2O2/c1-3-5-7-9-11-13-15-17-19-21-23-25-33-27-29-37-35(31-33)41(45)39(43-37)40-42(46)36-32-34(28-30-38(36)44-40)26-24-22-20-18-16-14-12-10-8-6-4-2/h27-32,43,45H,3-26H2,1-2H3. The molecule has 0 aliphatic carbocycles. The number of aromatic nitrogens is 1. The fraction of sp³-hybridized carbons (Fsp3) is 0.619. The minimum Gasteiger partial charge on any atom is -0.505 e. The van der Waals surface area contributed by atoms with E-state index in [4.69, 9.17) is 0 Å². The lowest BCUT2D eigenvalue weighted by atomic mass is 9.99. The van der Waals surface area contributed by atoms with E-state index in [0.29, 0.717) is 22.7 Å². The second kappa shape index (κ2) is 20.4. The van der Waals surface area contributed by atoms with E-state index in [2.05, 4.69) is 42.0 Å². The van der Waals surface area contributed by atoms with Gasteiger partial charge in [-0.1, -0.05) is 154 Å². The summed E-state index contributed by atoms with van der Waals surface area (Å²) in [5.74, 6) is 0.0377. The molecule has 1 aromatic heterocycles. The molecular formula is C42H62N2O2. The first-order chi connectivity index (χ1) is 22.6. The van der Waals surface area contributed by atoms with Crippen molar-refractivity contribution in [1.29, 1.82) is 0 Å². The molecule has 2 N–H and O–H groups in total. The van der Waals surface area contributed by atoms with Crippen molar-refractivity contribution in [2.45, 2.75) is 168 Å². The molecule has 2 aromatic carbocycles. The molecule has 0 amide bonds. The van der Waals surface area contributed by atoms with Crippen LogP contribution in [-0.4, -0.2) is 21.6 Å². The van der Waals surface area contributed by atoms with Crippen LogP contribution in [0, 0.1) is 0 Å². The number of Topliss-reactive ketones (excluding diaryl/α,β-unsaturated/α-hetero) is 1. The van der Waals surface area contributed by atoms with Crippen molar-refractivity contribution in [3.8, 4) is 5.75 Å². The number of hydrogen-bond donors (Lipinski definition) is 2. The van der Waals surface area contributed by atoms with Crippen molar-refractivity contribution >= 4 is 28.1 Å². The number of ketones is 1. The lowest BCUT2D eigenvalue weighted by Gasteiger charge is -2.05. The van der Waals surface area contributed by atoms with Gasteiger partial charge in [-0.15, -0.1) is 0 Å². The van der Waals surface area contributed by atoms with Gasteiger partial charge in [0.25, 0.3) is 0 Å². The van der Waals surface area contributed by atoms with E-state index in [1.165, 1.54) is 146 Å². The highest BCUT2D eigenvalue weighted by atomic mass is 16.3. The molecule has 4 heteroatoms. The molecule has 46 heavy (non-hydrogen) atoms. The van der Waals surface area contributed by atoms with Crippen LogP contribution in [0.1, 0.15) is 182 Å². The molecule has 0 spiro atoms. The first-order valence-electron chi connectivity index (χ1n) is 19.2. The number of unbranched alkanes of at least 4 members (excludes halogenated alkanes) is 20. The molecule has 4 nitrogen and oxygen atoms in total. The SMILES string of the molecule is CCCCCCCCCCCCCc1ccc2c(c1)C(=O)C(c1[nH]c3ccc(CCCCCCCCCCCCC)cc3c1O)=N2. The molecule has 0 bridgehead atoms. The molecule has 0 radical (unpaired) electrons. The molecule has 1 aliphatic heterocycles. The van der Waals surface area contributed by atoms with Crippen LogP contribution in [0.15, 0.2) is 41.4 Å². The van der Waals surface area contributed by atoms with Crippen LogP contribution in [-0.2, 0) is 12.8 Å². The van der Waals surface area contributed by atoms with Crippen molar-refractivity contribution < 1.29 is 9.90 Å². The summed E-state index contributed by atoms with van der Waals surface area (Å²) in [6, 6.07) is 12.4. The highest BCUT2D eigenvalue weighted by Gasteiger charge is 2.30. The number of aliphatic imine (C=N–C) groups is 1. The predicted octanol–water partition coefficient (Wildman–Crippen LogP) is 12.9. The number of nitrogens with one attached hydrogen (secondary N) is 1. The van der Waals surface area contributed by atoms with E-state index in [1.54, 1.807) is 0 Å². The molecule has 252 valence electrons. The largest absolute Gasteiger partial charge is 0.505 e. The number of carbonyl (C=O) groups is 1. The Kier molecular flexibility index (Phi) is 15.9. The van der Waals surface area contributed by atoms with Gasteiger partial charge >= 0.3 is 0 Å². The van der Waals surface area contributed by atoms with Crippen molar-refractivity contribution in [2.75, 3.05) is 0 Å². The van der Waals surface area contributed by atoms with Crippen molar-refractivity contribution in [1.82, 2.24) is 4.98 Å². The molecule has 0 unspecified atom stereocenters. The third-order valence-corrected chi connectivity index (χ3v) is 9.96.